The van der Waals surface area contributed by atoms with E-state index in [-0.39, 0.29) is 12.0 Å². The summed E-state index contributed by atoms with van der Waals surface area (Å²) in [5.41, 5.74) is -0.445. The van der Waals surface area contributed by atoms with Gasteiger partial charge in [-0.05, 0) is 46.0 Å². The molecule has 2 bridgehead atoms. The van der Waals surface area contributed by atoms with Crippen molar-refractivity contribution >= 4 is 5.97 Å². The zero-order valence-corrected chi connectivity index (χ0v) is 10.3. The number of hydrogen-bond donors (Lipinski definition) is 1. The van der Waals surface area contributed by atoms with Crippen molar-refractivity contribution in [3.05, 3.63) is 0 Å². The minimum absolute atomic E-state index is 0.184. The first kappa shape index (κ1) is 11.9. The van der Waals surface area contributed by atoms with Crippen molar-refractivity contribution < 1.29 is 14.6 Å². The predicted molar refractivity (Wildman–Crippen MR) is 59.7 cm³/mol. The highest BCUT2D eigenvalue weighted by Crippen LogP contribution is 2.35. The van der Waals surface area contributed by atoms with Gasteiger partial charge in [0.15, 0.2) is 0 Å². The molecule has 4 heteroatoms. The van der Waals surface area contributed by atoms with E-state index in [2.05, 4.69) is 0 Å². The van der Waals surface area contributed by atoms with Gasteiger partial charge in [0.05, 0.1) is 0 Å². The lowest BCUT2D eigenvalue weighted by molar-refractivity contribution is -0.179. The fraction of sp³-hybridized carbons (Fsp3) is 0.917. The third kappa shape index (κ3) is 2.38. The molecule has 4 unspecified atom stereocenters. The van der Waals surface area contributed by atoms with Crippen LogP contribution in [0.4, 0.5) is 0 Å². The average Bonchev–Trinajstić information content (AvgIpc) is 2.15. The lowest BCUT2D eigenvalue weighted by Crippen LogP contribution is -2.58. The predicted octanol–water partition coefficient (Wildman–Crippen LogP) is 1.13. The monoisotopic (exact) mass is 227 g/mol. The highest BCUT2D eigenvalue weighted by Gasteiger charge is 2.44. The van der Waals surface area contributed by atoms with E-state index in [4.69, 9.17) is 4.74 Å². The summed E-state index contributed by atoms with van der Waals surface area (Å²) in [6.07, 6.45) is 2.28. The molecular formula is C12H21NO3. The van der Waals surface area contributed by atoms with Gasteiger partial charge < -0.3 is 9.84 Å². The molecular weight excluding hydrogens is 206 g/mol. The molecule has 3 rings (SSSR count). The second-order valence-electron chi connectivity index (χ2n) is 5.89. The summed E-state index contributed by atoms with van der Waals surface area (Å²) < 4.78 is 5.39. The number of hydrogen-bond acceptors (Lipinski definition) is 4. The lowest BCUT2D eigenvalue weighted by Gasteiger charge is -2.47. The van der Waals surface area contributed by atoms with Gasteiger partial charge in [0, 0.05) is 6.54 Å². The summed E-state index contributed by atoms with van der Waals surface area (Å²) in [5.74, 6) is 0.300. The number of rotatable bonds is 1. The molecule has 16 heavy (non-hydrogen) atoms. The van der Waals surface area contributed by atoms with Crippen LogP contribution in [0.3, 0.4) is 0 Å². The summed E-state index contributed by atoms with van der Waals surface area (Å²) in [4.78, 5) is 13.9. The Morgan fingerprint density at radius 3 is 2.56 bits per heavy atom. The molecule has 0 aromatic rings. The molecule has 0 aromatic heterocycles. The first-order valence-electron chi connectivity index (χ1n) is 6.03. The maximum atomic E-state index is 12.0. The molecule has 3 aliphatic heterocycles. The lowest BCUT2D eigenvalue weighted by atomic mass is 9.82. The quantitative estimate of drug-likeness (QED) is 0.682. The Kier molecular flexibility index (Phi) is 2.97. The smallest absolute Gasteiger partial charge is 0.323 e. The maximum Gasteiger partial charge on any atom is 0.323 e. The van der Waals surface area contributed by atoms with Crippen molar-refractivity contribution in [3.8, 4) is 0 Å². The van der Waals surface area contributed by atoms with E-state index in [1.54, 1.807) is 0 Å². The third-order valence-corrected chi connectivity index (χ3v) is 3.36. The van der Waals surface area contributed by atoms with Crippen molar-refractivity contribution in [2.75, 3.05) is 6.54 Å². The summed E-state index contributed by atoms with van der Waals surface area (Å²) in [7, 11) is 0. The number of fused-ring (bicyclic) bond motifs is 3. The SMILES string of the molecule is CC(C)(C)OC(=O)C1CC2CCN1C(O)C2. The average molecular weight is 227 g/mol. The molecule has 0 saturated carbocycles. The van der Waals surface area contributed by atoms with E-state index in [1.165, 1.54) is 0 Å². The number of nitrogens with zero attached hydrogens (tertiary/aromatic N) is 1. The van der Waals surface area contributed by atoms with E-state index in [0.717, 1.165) is 25.8 Å². The van der Waals surface area contributed by atoms with Crippen LogP contribution in [0.2, 0.25) is 0 Å². The van der Waals surface area contributed by atoms with Crippen molar-refractivity contribution in [1.29, 1.82) is 0 Å². The molecule has 0 spiro atoms. The van der Waals surface area contributed by atoms with Gasteiger partial charge in [0.25, 0.3) is 0 Å². The molecule has 0 aliphatic carbocycles. The van der Waals surface area contributed by atoms with Crippen molar-refractivity contribution in [2.24, 2.45) is 5.92 Å². The number of ether oxygens (including phenoxy) is 1. The van der Waals surface area contributed by atoms with Crippen molar-refractivity contribution in [1.82, 2.24) is 4.90 Å². The van der Waals surface area contributed by atoms with E-state index >= 15 is 0 Å². The van der Waals surface area contributed by atoms with Crippen LogP contribution in [0.15, 0.2) is 0 Å². The van der Waals surface area contributed by atoms with Gasteiger partial charge in [-0.15, -0.1) is 0 Å². The number of aliphatic hydroxyl groups is 1. The van der Waals surface area contributed by atoms with Crippen LogP contribution >= 0.6 is 0 Å². The van der Waals surface area contributed by atoms with Gasteiger partial charge in [-0.25, -0.2) is 0 Å². The van der Waals surface area contributed by atoms with Crippen molar-refractivity contribution in [3.63, 3.8) is 0 Å². The highest BCUT2D eigenvalue weighted by molar-refractivity contribution is 5.76. The van der Waals surface area contributed by atoms with E-state index < -0.39 is 11.8 Å². The Bertz CT molecular complexity index is 284. The second kappa shape index (κ2) is 4.00. The fourth-order valence-electron chi connectivity index (χ4n) is 2.66. The molecule has 3 fully saturated rings. The number of carbonyl (C=O) groups excluding carboxylic acids is 1. The summed E-state index contributed by atoms with van der Waals surface area (Å²) in [5, 5.41) is 9.84. The van der Waals surface area contributed by atoms with Crippen LogP contribution in [0.25, 0.3) is 0 Å². The van der Waals surface area contributed by atoms with E-state index in [9.17, 15) is 9.90 Å². The summed E-state index contributed by atoms with van der Waals surface area (Å²) in [6.45, 7) is 6.43. The van der Waals surface area contributed by atoms with Crippen molar-refractivity contribution in [2.45, 2.75) is 57.9 Å². The van der Waals surface area contributed by atoms with Gasteiger partial charge in [-0.1, -0.05) is 0 Å². The van der Waals surface area contributed by atoms with Crippen LogP contribution in [0.5, 0.6) is 0 Å². The van der Waals surface area contributed by atoms with Crippen LogP contribution < -0.4 is 0 Å². The Labute approximate surface area is 96.6 Å². The Morgan fingerprint density at radius 1 is 1.38 bits per heavy atom. The highest BCUT2D eigenvalue weighted by atomic mass is 16.6. The van der Waals surface area contributed by atoms with E-state index in [0.29, 0.717) is 5.92 Å². The minimum atomic E-state index is -0.454. The van der Waals surface area contributed by atoms with Crippen LogP contribution in [-0.4, -0.2) is 40.4 Å². The molecule has 0 amide bonds. The maximum absolute atomic E-state index is 12.0. The normalized spacial score (nSPS) is 38.5. The molecule has 0 radical (unpaired) electrons. The van der Waals surface area contributed by atoms with Gasteiger partial charge in [0.2, 0.25) is 0 Å². The second-order valence-corrected chi connectivity index (χ2v) is 5.89. The zero-order valence-electron chi connectivity index (χ0n) is 10.3. The number of aliphatic hydroxyl groups excluding tert-OH is 1. The Morgan fingerprint density at radius 2 is 2.06 bits per heavy atom. The largest absolute Gasteiger partial charge is 0.459 e. The molecule has 1 N–H and O–H groups in total. The molecule has 4 atom stereocenters. The fourth-order valence-corrected chi connectivity index (χ4v) is 2.66. The molecule has 3 heterocycles. The first-order valence-corrected chi connectivity index (χ1v) is 6.03. The molecule has 3 saturated heterocycles. The molecule has 0 aromatic carbocycles. The summed E-state index contributed by atoms with van der Waals surface area (Å²) >= 11 is 0. The van der Waals surface area contributed by atoms with Gasteiger partial charge in [0.1, 0.15) is 17.9 Å². The van der Waals surface area contributed by atoms with E-state index in [1.807, 2.05) is 25.7 Å². The Hall–Kier alpha value is -0.610. The third-order valence-electron chi connectivity index (χ3n) is 3.36. The Balaban J connectivity index is 2.02. The van der Waals surface area contributed by atoms with Gasteiger partial charge in [-0.3, -0.25) is 9.69 Å². The summed E-state index contributed by atoms with van der Waals surface area (Å²) in [6, 6.07) is -0.235. The topological polar surface area (TPSA) is 49.8 Å². The van der Waals surface area contributed by atoms with Crippen LogP contribution in [0.1, 0.15) is 40.0 Å². The molecule has 92 valence electrons. The van der Waals surface area contributed by atoms with Crippen LogP contribution in [0, 0.1) is 5.92 Å². The van der Waals surface area contributed by atoms with Gasteiger partial charge >= 0.3 is 5.97 Å². The number of carbonyl (C=O) groups is 1. The molecule has 4 nitrogen and oxygen atoms in total. The first-order chi connectivity index (χ1) is 7.37. The number of piperidine rings is 3. The zero-order chi connectivity index (χ0) is 11.9. The number of esters is 1. The molecule has 3 aliphatic rings. The standard InChI is InChI=1S/C12H21NO3/c1-12(2,3)16-11(15)9-6-8-4-5-13(9)10(14)7-8/h8-10,14H,4-7H2,1-3H3. The van der Waals surface area contributed by atoms with Gasteiger partial charge in [-0.2, -0.15) is 0 Å². The van der Waals surface area contributed by atoms with Crippen LogP contribution in [-0.2, 0) is 9.53 Å². The minimum Gasteiger partial charge on any atom is -0.459 e.